The van der Waals surface area contributed by atoms with Crippen LogP contribution in [0.15, 0.2) is 36.1 Å². The second-order valence-electron chi connectivity index (χ2n) is 6.37. The Balaban J connectivity index is 1.75. The van der Waals surface area contributed by atoms with E-state index in [1.54, 1.807) is 0 Å². The molecule has 0 aromatic heterocycles. The van der Waals surface area contributed by atoms with Gasteiger partial charge in [-0.15, -0.1) is 0 Å². The highest BCUT2D eigenvalue weighted by Crippen LogP contribution is 2.46. The molecule has 1 aliphatic carbocycles. The van der Waals surface area contributed by atoms with Crippen molar-refractivity contribution < 1.29 is 4.79 Å². The van der Waals surface area contributed by atoms with Crippen molar-refractivity contribution >= 4 is 49.1 Å². The first-order valence-electron chi connectivity index (χ1n) is 9.14. The molecule has 1 amide bonds. The Morgan fingerprint density at radius 2 is 2.00 bits per heavy atom. The molecule has 25 heavy (non-hydrogen) atoms. The van der Waals surface area contributed by atoms with Crippen molar-refractivity contribution in [3.63, 3.8) is 0 Å². The number of thiocarbonyl (C=S) groups is 1. The monoisotopic (exact) mass is 394 g/mol. The molecule has 0 bridgehead atoms. The summed E-state index contributed by atoms with van der Waals surface area (Å²) in [4.78, 5) is 14.9. The highest BCUT2D eigenvalue weighted by atomic mass is 32.2. The van der Waals surface area contributed by atoms with Crippen LogP contribution in [-0.4, -0.2) is 42.0 Å². The second-order valence-corrected chi connectivity index (χ2v) is 10.3. The van der Waals surface area contributed by atoms with Gasteiger partial charge < -0.3 is 4.31 Å². The van der Waals surface area contributed by atoms with Crippen molar-refractivity contribution in [2.24, 2.45) is 0 Å². The maximum Gasteiger partial charge on any atom is 0.273 e. The van der Waals surface area contributed by atoms with Gasteiger partial charge in [0.15, 0.2) is 0 Å². The quantitative estimate of drug-likeness (QED) is 0.455. The molecule has 2 aliphatic heterocycles. The highest BCUT2D eigenvalue weighted by Gasteiger charge is 2.39. The number of nitrogens with zero attached hydrogens (tertiary/aromatic N) is 2. The first-order valence-corrected chi connectivity index (χ1v) is 11.6. The summed E-state index contributed by atoms with van der Waals surface area (Å²) in [7, 11) is -0.235. The average molecular weight is 395 g/mol. The lowest BCUT2D eigenvalue weighted by Gasteiger charge is -2.23. The predicted octanol–water partition coefficient (Wildman–Crippen LogP) is 4.84. The Kier molecular flexibility index (Phi) is 6.58. The zero-order chi connectivity index (χ0) is 17.8. The van der Waals surface area contributed by atoms with Gasteiger partial charge in [0, 0.05) is 19.3 Å². The maximum atomic E-state index is 13.1. The lowest BCUT2D eigenvalue weighted by Crippen LogP contribution is -2.31. The molecule has 0 N–H and O–H groups in total. The van der Waals surface area contributed by atoms with Gasteiger partial charge in [0.2, 0.25) is 0 Å². The fraction of sp³-hybridized carbons (Fsp3) is 0.526. The number of unbranched alkanes of at least 4 members (excludes halogenated alkanes) is 4. The van der Waals surface area contributed by atoms with Crippen molar-refractivity contribution in [1.82, 2.24) is 9.21 Å². The summed E-state index contributed by atoms with van der Waals surface area (Å²) >= 11 is 7.06. The van der Waals surface area contributed by atoms with Crippen LogP contribution in [0.3, 0.4) is 0 Å². The lowest BCUT2D eigenvalue weighted by atomic mass is 10.1. The van der Waals surface area contributed by atoms with Crippen molar-refractivity contribution in [3.05, 3.63) is 36.1 Å². The van der Waals surface area contributed by atoms with E-state index in [1.165, 1.54) is 43.0 Å². The van der Waals surface area contributed by atoms with Gasteiger partial charge in [-0.3, -0.25) is 9.69 Å². The number of hydrogen-bond acceptors (Lipinski definition) is 4. The zero-order valence-corrected chi connectivity index (χ0v) is 17.4. The van der Waals surface area contributed by atoms with E-state index in [9.17, 15) is 4.79 Å². The number of rotatable bonds is 7. The Labute approximate surface area is 163 Å². The Bertz CT molecular complexity index is 678. The van der Waals surface area contributed by atoms with Gasteiger partial charge in [-0.05, 0) is 30.7 Å². The predicted molar refractivity (Wildman–Crippen MR) is 116 cm³/mol. The molecule has 0 radical (unpaired) electrons. The van der Waals surface area contributed by atoms with Gasteiger partial charge in [-0.2, -0.15) is 0 Å². The summed E-state index contributed by atoms with van der Waals surface area (Å²) in [5.41, 5.74) is 1.30. The fourth-order valence-corrected chi connectivity index (χ4v) is 7.82. The summed E-state index contributed by atoms with van der Waals surface area (Å²) in [5.74, 6) is 0.143. The standard InChI is InChI=1S/C19H26N2OS3/c1-3-5-6-7-10-13-21-17(22)18(24-19(21)23)25-16-12-9-8-11-15(16)14-20(25)4-2/h8-9,11-12,14,16H,3-7,10,13H2,1-2H3. The minimum Gasteiger partial charge on any atom is -0.327 e. The van der Waals surface area contributed by atoms with Gasteiger partial charge in [0.05, 0.1) is 5.25 Å². The minimum absolute atomic E-state index is 0.143. The molecule has 0 aromatic rings. The van der Waals surface area contributed by atoms with Crippen molar-refractivity contribution in [2.75, 3.05) is 13.1 Å². The molecule has 3 aliphatic rings. The van der Waals surface area contributed by atoms with Crippen molar-refractivity contribution in [2.45, 2.75) is 51.2 Å². The molecule has 1 saturated heterocycles. The molecule has 3 rings (SSSR count). The van der Waals surface area contributed by atoms with Crippen LogP contribution in [0.5, 0.6) is 0 Å². The van der Waals surface area contributed by atoms with Crippen LogP contribution in [0.25, 0.3) is 0 Å². The number of thioether (sulfide) groups is 1. The van der Waals surface area contributed by atoms with E-state index in [4.69, 9.17) is 12.2 Å². The molecule has 0 spiro atoms. The molecule has 0 aromatic carbocycles. The maximum absolute atomic E-state index is 13.1. The third-order valence-corrected chi connectivity index (χ3v) is 8.93. The van der Waals surface area contributed by atoms with Gasteiger partial charge >= 0.3 is 0 Å². The molecule has 6 heteroatoms. The third-order valence-electron chi connectivity index (χ3n) is 4.61. The lowest BCUT2D eigenvalue weighted by molar-refractivity contribution is -0.119. The van der Waals surface area contributed by atoms with Crippen molar-refractivity contribution in [3.8, 4) is 0 Å². The molecular weight excluding hydrogens is 368 g/mol. The van der Waals surface area contributed by atoms with E-state index in [2.05, 4.69) is 48.7 Å². The van der Waals surface area contributed by atoms with Crippen LogP contribution >= 0.6 is 34.6 Å². The van der Waals surface area contributed by atoms with E-state index < -0.39 is 0 Å². The summed E-state index contributed by atoms with van der Waals surface area (Å²) in [6, 6.07) is 0. The number of carbonyl (C=O) groups excluding carboxylic acids is 1. The number of amides is 1. The Morgan fingerprint density at radius 3 is 2.76 bits per heavy atom. The number of carbonyl (C=O) groups is 1. The van der Waals surface area contributed by atoms with Crippen LogP contribution in [0.2, 0.25) is 0 Å². The van der Waals surface area contributed by atoms with Gasteiger partial charge in [0.25, 0.3) is 5.91 Å². The minimum atomic E-state index is -0.235. The van der Waals surface area contributed by atoms with E-state index >= 15 is 0 Å². The average Bonchev–Trinajstić information content (AvgIpc) is 3.12. The SMILES string of the molecule is CCCCCCCN1C(=O)C(=S2C3C=CC=CC3=CN2CC)SC1=S. The van der Waals surface area contributed by atoms with E-state index in [1.807, 2.05) is 4.90 Å². The molecule has 2 atom stereocenters. The van der Waals surface area contributed by atoms with E-state index in [0.29, 0.717) is 5.25 Å². The van der Waals surface area contributed by atoms with Gasteiger partial charge in [-0.1, -0.05) is 79.8 Å². The summed E-state index contributed by atoms with van der Waals surface area (Å²) in [6.07, 6.45) is 16.7. The molecule has 3 nitrogen and oxygen atoms in total. The number of allylic oxidation sites excluding steroid dienone is 3. The molecular formula is C19H26N2OS3. The molecule has 136 valence electrons. The normalized spacial score (nSPS) is 26.6. The van der Waals surface area contributed by atoms with Crippen LogP contribution in [0.1, 0.15) is 46.0 Å². The topological polar surface area (TPSA) is 23.6 Å². The first kappa shape index (κ1) is 18.9. The summed E-state index contributed by atoms with van der Waals surface area (Å²) < 4.78 is 3.98. The van der Waals surface area contributed by atoms with E-state index in [0.717, 1.165) is 28.0 Å². The van der Waals surface area contributed by atoms with E-state index in [-0.39, 0.29) is 16.6 Å². The van der Waals surface area contributed by atoms with Gasteiger partial charge in [0.1, 0.15) is 8.52 Å². The zero-order valence-electron chi connectivity index (χ0n) is 14.9. The van der Waals surface area contributed by atoms with Crippen LogP contribution in [0.4, 0.5) is 0 Å². The fourth-order valence-electron chi connectivity index (χ4n) is 3.25. The molecule has 1 fully saturated rings. The Morgan fingerprint density at radius 1 is 1.20 bits per heavy atom. The van der Waals surface area contributed by atoms with Gasteiger partial charge in [-0.25, -0.2) is 0 Å². The van der Waals surface area contributed by atoms with Crippen LogP contribution < -0.4 is 0 Å². The molecule has 2 heterocycles. The number of hydrogen-bond donors (Lipinski definition) is 0. The summed E-state index contributed by atoms with van der Waals surface area (Å²) in [6.45, 7) is 6.04. The Hall–Kier alpha value is -0.850. The largest absolute Gasteiger partial charge is 0.327 e. The van der Waals surface area contributed by atoms with Crippen LogP contribution in [-0.2, 0) is 4.79 Å². The number of fused-ring (bicyclic) bond motifs is 1. The van der Waals surface area contributed by atoms with Crippen molar-refractivity contribution in [1.29, 1.82) is 0 Å². The highest BCUT2D eigenvalue weighted by molar-refractivity contribution is 8.45. The smallest absolute Gasteiger partial charge is 0.273 e. The first-order chi connectivity index (χ1) is 12.2. The third kappa shape index (κ3) is 3.96. The molecule has 0 saturated carbocycles. The molecule has 2 unspecified atom stereocenters. The summed E-state index contributed by atoms with van der Waals surface area (Å²) in [5, 5.41) is 0.295. The van der Waals surface area contributed by atoms with Crippen LogP contribution in [0, 0.1) is 0 Å². The second kappa shape index (κ2) is 8.69.